The summed E-state index contributed by atoms with van der Waals surface area (Å²) in [6.45, 7) is 1.14. The van der Waals surface area contributed by atoms with E-state index >= 15 is 0 Å². The number of rotatable bonds is 13. The van der Waals surface area contributed by atoms with Crippen molar-refractivity contribution in [3.05, 3.63) is 92.6 Å². The van der Waals surface area contributed by atoms with Crippen LogP contribution in [0.5, 0.6) is 0 Å². The zero-order chi connectivity index (χ0) is 27.5. The number of nitrogens with zero attached hydrogens (tertiary/aromatic N) is 2. The van der Waals surface area contributed by atoms with Crippen LogP contribution in [0, 0.1) is 0 Å². The molecule has 2 N–H and O–H groups in total. The largest absolute Gasteiger partial charge is 0.356 e. The molecule has 206 valence electrons. The van der Waals surface area contributed by atoms with Gasteiger partial charge in [0.2, 0.25) is 11.8 Å². The highest BCUT2D eigenvalue weighted by atomic mass is 16.2. The molecule has 1 aromatic heterocycles. The average Bonchev–Trinajstić information content (AvgIpc) is 2.96. The molecule has 4 rings (SSSR count). The summed E-state index contributed by atoms with van der Waals surface area (Å²) < 4.78 is 2.57. The molecule has 1 aliphatic carbocycles. The maximum Gasteiger partial charge on any atom is 0.331 e. The van der Waals surface area contributed by atoms with Crippen molar-refractivity contribution in [2.75, 3.05) is 13.1 Å². The van der Waals surface area contributed by atoms with Gasteiger partial charge >= 0.3 is 5.69 Å². The van der Waals surface area contributed by atoms with Crippen molar-refractivity contribution in [2.45, 2.75) is 70.9 Å². The number of carbonyl (C=O) groups excluding carboxylic acids is 2. The molecule has 0 unspecified atom stereocenters. The molecule has 0 saturated heterocycles. The Morgan fingerprint density at radius 1 is 0.795 bits per heavy atom. The van der Waals surface area contributed by atoms with Crippen molar-refractivity contribution in [1.29, 1.82) is 0 Å². The number of hydrogen-bond donors (Lipinski definition) is 2. The molecule has 0 saturated carbocycles. The maximum atomic E-state index is 13.3. The molecule has 2 aromatic carbocycles. The molecular weight excluding hydrogens is 492 g/mol. The predicted molar refractivity (Wildman–Crippen MR) is 154 cm³/mol. The number of benzene rings is 2. The first kappa shape index (κ1) is 28.1. The first-order valence-electron chi connectivity index (χ1n) is 14.0. The molecule has 0 bridgehead atoms. The summed E-state index contributed by atoms with van der Waals surface area (Å²) in [6.07, 6.45) is 9.83. The number of amides is 2. The lowest BCUT2D eigenvalue weighted by Crippen LogP contribution is -2.42. The van der Waals surface area contributed by atoms with Crippen LogP contribution in [-0.2, 0) is 29.1 Å². The number of carbonyl (C=O) groups is 2. The number of fused-ring (bicyclic) bond motifs is 1. The van der Waals surface area contributed by atoms with Crippen LogP contribution in [0.4, 0.5) is 0 Å². The first-order valence-corrected chi connectivity index (χ1v) is 14.0. The van der Waals surface area contributed by atoms with Gasteiger partial charge in [0.05, 0.1) is 10.9 Å². The molecule has 0 fully saturated rings. The minimum Gasteiger partial charge on any atom is -0.356 e. The van der Waals surface area contributed by atoms with E-state index in [9.17, 15) is 19.2 Å². The molecule has 0 spiro atoms. The molecule has 0 atom stereocenters. The van der Waals surface area contributed by atoms with Crippen molar-refractivity contribution >= 4 is 22.7 Å². The summed E-state index contributed by atoms with van der Waals surface area (Å²) in [5.74, 6) is -0.300. The van der Waals surface area contributed by atoms with Crippen molar-refractivity contribution in [3.63, 3.8) is 0 Å². The number of para-hydroxylation sites is 1. The summed E-state index contributed by atoms with van der Waals surface area (Å²) in [6, 6.07) is 16.8. The van der Waals surface area contributed by atoms with Gasteiger partial charge in [-0.2, -0.15) is 0 Å². The Hall–Kier alpha value is -3.94. The van der Waals surface area contributed by atoms with Gasteiger partial charge in [0.15, 0.2) is 0 Å². The van der Waals surface area contributed by atoms with E-state index in [0.29, 0.717) is 43.3 Å². The van der Waals surface area contributed by atoms with Crippen LogP contribution in [0.15, 0.2) is 75.8 Å². The number of allylic oxidation sites excluding steroid dienone is 1. The monoisotopic (exact) mass is 530 g/mol. The van der Waals surface area contributed by atoms with Gasteiger partial charge in [-0.1, -0.05) is 54.1 Å². The molecule has 2 amide bonds. The maximum absolute atomic E-state index is 13.3. The Morgan fingerprint density at radius 2 is 1.54 bits per heavy atom. The minimum atomic E-state index is -0.504. The second-order valence-corrected chi connectivity index (χ2v) is 10.1. The van der Waals surface area contributed by atoms with Crippen LogP contribution in [0.25, 0.3) is 10.9 Å². The van der Waals surface area contributed by atoms with Gasteiger partial charge < -0.3 is 10.6 Å². The lowest BCUT2D eigenvalue weighted by atomic mass is 9.97. The molecule has 0 radical (unpaired) electrons. The molecule has 3 aromatic rings. The van der Waals surface area contributed by atoms with Gasteiger partial charge in [0, 0.05) is 26.1 Å². The third-order valence-electron chi connectivity index (χ3n) is 7.20. The van der Waals surface area contributed by atoms with Crippen LogP contribution >= 0.6 is 0 Å². The third kappa shape index (κ3) is 8.02. The molecule has 1 heterocycles. The van der Waals surface area contributed by atoms with Crippen LogP contribution < -0.4 is 21.9 Å². The third-order valence-corrected chi connectivity index (χ3v) is 7.20. The van der Waals surface area contributed by atoms with E-state index in [1.54, 1.807) is 24.3 Å². The van der Waals surface area contributed by atoms with E-state index in [0.717, 1.165) is 25.7 Å². The summed E-state index contributed by atoms with van der Waals surface area (Å²) in [7, 11) is 0. The fraction of sp³-hybridized carbons (Fsp3) is 0.419. The highest BCUT2D eigenvalue weighted by Crippen LogP contribution is 2.19. The Labute approximate surface area is 228 Å². The Morgan fingerprint density at radius 3 is 2.33 bits per heavy atom. The molecule has 1 aliphatic rings. The SMILES string of the molecule is O=C(CCCCn1c(=O)c2ccccc2n(CC(=O)NCCC2=CCCCC2)c1=O)NCCc1ccccc1. The fourth-order valence-corrected chi connectivity index (χ4v) is 5.05. The van der Waals surface area contributed by atoms with Gasteiger partial charge in [-0.05, 0) is 69.1 Å². The summed E-state index contributed by atoms with van der Waals surface area (Å²) in [4.78, 5) is 51.4. The lowest BCUT2D eigenvalue weighted by Gasteiger charge is -2.15. The predicted octanol–water partition coefficient (Wildman–Crippen LogP) is 3.70. The average molecular weight is 531 g/mol. The molecule has 0 aliphatic heterocycles. The minimum absolute atomic E-state index is 0.0464. The van der Waals surface area contributed by atoms with Gasteiger partial charge in [0.25, 0.3) is 5.56 Å². The first-order chi connectivity index (χ1) is 19.0. The lowest BCUT2D eigenvalue weighted by molar-refractivity contribution is -0.122. The number of hydrogen-bond acceptors (Lipinski definition) is 4. The van der Waals surface area contributed by atoms with Crippen molar-refractivity contribution < 1.29 is 9.59 Å². The van der Waals surface area contributed by atoms with E-state index in [1.807, 2.05) is 30.3 Å². The van der Waals surface area contributed by atoms with Gasteiger partial charge in [-0.25, -0.2) is 4.79 Å². The van der Waals surface area contributed by atoms with E-state index in [1.165, 1.54) is 33.1 Å². The second kappa shape index (κ2) is 14.3. The van der Waals surface area contributed by atoms with E-state index in [-0.39, 0.29) is 30.5 Å². The molecule has 8 heteroatoms. The Bertz CT molecular complexity index is 1420. The smallest absolute Gasteiger partial charge is 0.331 e. The van der Waals surface area contributed by atoms with Crippen molar-refractivity contribution in [2.24, 2.45) is 0 Å². The quantitative estimate of drug-likeness (QED) is 0.260. The van der Waals surface area contributed by atoms with Crippen molar-refractivity contribution in [3.8, 4) is 0 Å². The summed E-state index contributed by atoms with van der Waals surface area (Å²) in [5, 5.41) is 6.25. The van der Waals surface area contributed by atoms with Gasteiger partial charge in [-0.15, -0.1) is 0 Å². The molecule has 39 heavy (non-hydrogen) atoms. The Balaban J connectivity index is 1.33. The summed E-state index contributed by atoms with van der Waals surface area (Å²) >= 11 is 0. The van der Waals surface area contributed by atoms with Gasteiger partial charge in [-0.3, -0.25) is 23.5 Å². The van der Waals surface area contributed by atoms with E-state index in [2.05, 4.69) is 16.7 Å². The van der Waals surface area contributed by atoms with Gasteiger partial charge in [0.1, 0.15) is 6.54 Å². The standard InChI is InChI=1S/C31H38N4O4/c36-28(32-20-18-24-11-3-1-4-12-24)17-9-10-22-34-30(38)26-15-7-8-16-27(26)35(31(34)39)23-29(37)33-21-19-25-13-5-2-6-14-25/h1,3-4,7-8,11-13,15-16H,2,5-6,9-10,14,17-23H2,(H,32,36)(H,33,37). The highest BCUT2D eigenvalue weighted by molar-refractivity contribution is 5.81. The van der Waals surface area contributed by atoms with Crippen LogP contribution in [-0.4, -0.2) is 34.0 Å². The van der Waals surface area contributed by atoms with Crippen LogP contribution in [0.2, 0.25) is 0 Å². The number of nitrogens with one attached hydrogen (secondary N) is 2. The fourth-order valence-electron chi connectivity index (χ4n) is 5.05. The molecular formula is C31H38N4O4. The van der Waals surface area contributed by atoms with E-state index < -0.39 is 5.69 Å². The number of unbranched alkanes of at least 4 members (excludes halogenated alkanes) is 1. The second-order valence-electron chi connectivity index (χ2n) is 10.1. The van der Waals surface area contributed by atoms with Crippen LogP contribution in [0.1, 0.15) is 56.9 Å². The topological polar surface area (TPSA) is 102 Å². The molecule has 8 nitrogen and oxygen atoms in total. The zero-order valence-electron chi connectivity index (χ0n) is 22.5. The van der Waals surface area contributed by atoms with E-state index in [4.69, 9.17) is 0 Å². The zero-order valence-corrected chi connectivity index (χ0v) is 22.5. The summed E-state index contributed by atoms with van der Waals surface area (Å²) in [5.41, 5.74) is 2.12. The van der Waals surface area contributed by atoms with Crippen molar-refractivity contribution in [1.82, 2.24) is 19.8 Å². The Kier molecular flexibility index (Phi) is 10.3. The highest BCUT2D eigenvalue weighted by Gasteiger charge is 2.15. The number of aromatic nitrogens is 2. The normalized spacial score (nSPS) is 13.2. The van der Waals surface area contributed by atoms with Crippen LogP contribution in [0.3, 0.4) is 0 Å².